The lowest BCUT2D eigenvalue weighted by Gasteiger charge is -2.36. The molecular weight excluding hydrogens is 346 g/mol. The van der Waals surface area contributed by atoms with E-state index >= 15 is 0 Å². The smallest absolute Gasteiger partial charge is 0.252 e. The van der Waals surface area contributed by atoms with Crippen molar-refractivity contribution in [1.29, 1.82) is 0 Å². The van der Waals surface area contributed by atoms with E-state index in [0.29, 0.717) is 37.6 Å². The van der Waals surface area contributed by atoms with Crippen LogP contribution >= 0.6 is 0 Å². The summed E-state index contributed by atoms with van der Waals surface area (Å²) in [6.45, 7) is 2.19. The molecule has 9 nitrogen and oxygen atoms in total. The van der Waals surface area contributed by atoms with Gasteiger partial charge < -0.3 is 15.5 Å². The summed E-state index contributed by atoms with van der Waals surface area (Å²) >= 11 is 0. The zero-order chi connectivity index (χ0) is 18.6. The van der Waals surface area contributed by atoms with Crippen LogP contribution in [0.25, 0.3) is 0 Å². The van der Waals surface area contributed by atoms with E-state index in [2.05, 4.69) is 4.98 Å². The van der Waals surface area contributed by atoms with E-state index in [4.69, 9.17) is 5.73 Å². The maximum atomic E-state index is 12.2. The Morgan fingerprint density at radius 2 is 1.92 bits per heavy atom. The van der Waals surface area contributed by atoms with Crippen molar-refractivity contribution < 1.29 is 18.0 Å². The summed E-state index contributed by atoms with van der Waals surface area (Å²) < 4.78 is 23.9. The van der Waals surface area contributed by atoms with Crippen molar-refractivity contribution in [3.05, 3.63) is 23.9 Å². The molecule has 0 saturated carbocycles. The summed E-state index contributed by atoms with van der Waals surface area (Å²) in [5, 5.41) is 0. The van der Waals surface area contributed by atoms with Gasteiger partial charge in [-0.25, -0.2) is 17.7 Å². The molecule has 0 aromatic carbocycles. The largest absolute Gasteiger partial charge is 0.365 e. The van der Waals surface area contributed by atoms with Crippen LogP contribution in [0.3, 0.4) is 0 Å². The van der Waals surface area contributed by atoms with Crippen LogP contribution in [0.15, 0.2) is 18.3 Å². The number of amides is 2. The highest BCUT2D eigenvalue weighted by atomic mass is 32.2. The van der Waals surface area contributed by atoms with Gasteiger partial charge in [-0.1, -0.05) is 0 Å². The zero-order valence-electron chi connectivity index (χ0n) is 14.4. The Bertz CT molecular complexity index is 744. The molecule has 0 spiro atoms. The maximum absolute atomic E-state index is 12.2. The molecule has 0 aliphatic carbocycles. The van der Waals surface area contributed by atoms with Crippen LogP contribution in [-0.2, 0) is 14.8 Å². The van der Waals surface area contributed by atoms with Gasteiger partial charge >= 0.3 is 0 Å². The van der Waals surface area contributed by atoms with E-state index in [1.807, 2.05) is 4.90 Å². The van der Waals surface area contributed by atoms with Crippen molar-refractivity contribution in [1.82, 2.24) is 14.2 Å². The molecule has 1 aliphatic heterocycles. The summed E-state index contributed by atoms with van der Waals surface area (Å²) in [6, 6.07) is 3.28. The van der Waals surface area contributed by atoms with Crippen LogP contribution in [0.1, 0.15) is 16.8 Å². The topological polar surface area (TPSA) is 117 Å². The molecule has 2 rings (SSSR count). The first-order valence-electron chi connectivity index (χ1n) is 7.89. The van der Waals surface area contributed by atoms with Gasteiger partial charge in [0, 0.05) is 52.4 Å². The van der Waals surface area contributed by atoms with Crippen LogP contribution in [0.2, 0.25) is 0 Å². The molecule has 10 heteroatoms. The van der Waals surface area contributed by atoms with Crippen molar-refractivity contribution in [2.24, 2.45) is 5.73 Å². The number of hydrogen-bond acceptors (Lipinski definition) is 6. The fourth-order valence-electron chi connectivity index (χ4n) is 2.59. The van der Waals surface area contributed by atoms with Gasteiger partial charge in [-0.05, 0) is 12.1 Å². The second-order valence-corrected chi connectivity index (χ2v) is 8.03. The van der Waals surface area contributed by atoms with Crippen LogP contribution in [-0.4, -0.2) is 80.4 Å². The lowest BCUT2D eigenvalue weighted by atomic mass is 10.2. The Labute approximate surface area is 147 Å². The Kier molecular flexibility index (Phi) is 5.96. The lowest BCUT2D eigenvalue weighted by Crippen LogP contribution is -2.50. The molecule has 1 aromatic rings. The summed E-state index contributed by atoms with van der Waals surface area (Å²) in [6.07, 6.45) is 2.85. The van der Waals surface area contributed by atoms with E-state index in [9.17, 15) is 18.0 Å². The van der Waals surface area contributed by atoms with Gasteiger partial charge in [-0.3, -0.25) is 9.59 Å². The highest BCUT2D eigenvalue weighted by Gasteiger charge is 2.24. The van der Waals surface area contributed by atoms with Crippen LogP contribution < -0.4 is 10.6 Å². The van der Waals surface area contributed by atoms with Gasteiger partial charge in [-0.15, -0.1) is 0 Å². The fourth-order valence-corrected chi connectivity index (χ4v) is 3.01. The Morgan fingerprint density at radius 1 is 1.28 bits per heavy atom. The molecule has 2 N–H and O–H groups in total. The first-order chi connectivity index (χ1) is 11.7. The predicted octanol–water partition coefficient (Wildman–Crippen LogP) is -0.889. The van der Waals surface area contributed by atoms with Gasteiger partial charge in [-0.2, -0.15) is 0 Å². The fraction of sp³-hybridized carbons (Fsp3) is 0.533. The number of carbonyl (C=O) groups is 2. The highest BCUT2D eigenvalue weighted by molar-refractivity contribution is 7.88. The first kappa shape index (κ1) is 19.1. The Balaban J connectivity index is 1.92. The minimum atomic E-state index is -3.28. The average Bonchev–Trinajstić information content (AvgIpc) is 2.58. The second kappa shape index (κ2) is 7.79. The molecule has 1 fully saturated rings. The van der Waals surface area contributed by atoms with Gasteiger partial charge in [0.25, 0.3) is 5.91 Å². The van der Waals surface area contributed by atoms with E-state index in [0.717, 1.165) is 10.6 Å². The average molecular weight is 369 g/mol. The lowest BCUT2D eigenvalue weighted by molar-refractivity contribution is -0.131. The van der Waals surface area contributed by atoms with E-state index in [-0.39, 0.29) is 18.9 Å². The third-order valence-corrected chi connectivity index (χ3v) is 5.51. The Morgan fingerprint density at radius 3 is 2.48 bits per heavy atom. The Hall–Kier alpha value is -2.20. The summed E-state index contributed by atoms with van der Waals surface area (Å²) in [5.74, 6) is -0.101. The van der Waals surface area contributed by atoms with Gasteiger partial charge in [0.1, 0.15) is 5.82 Å². The standard InChI is InChI=1S/C15H23N5O4S/c1-18(25(2,23)24)7-5-13(21)19-8-10-20(11-9-19)15-12(14(16)22)4-3-6-17-15/h3-4,6H,5,7-11H2,1-2H3,(H2,16,22). The number of aromatic nitrogens is 1. The molecule has 25 heavy (non-hydrogen) atoms. The van der Waals surface area contributed by atoms with E-state index < -0.39 is 15.9 Å². The second-order valence-electron chi connectivity index (χ2n) is 5.94. The number of nitrogens with two attached hydrogens (primary N) is 1. The molecule has 0 unspecified atom stereocenters. The number of primary amides is 1. The minimum Gasteiger partial charge on any atom is -0.365 e. The molecule has 1 aromatic heterocycles. The number of sulfonamides is 1. The predicted molar refractivity (Wildman–Crippen MR) is 93.6 cm³/mol. The normalized spacial score (nSPS) is 15.5. The quantitative estimate of drug-likeness (QED) is 0.695. The molecule has 0 bridgehead atoms. The molecule has 2 heterocycles. The number of pyridine rings is 1. The third kappa shape index (κ3) is 4.89. The highest BCUT2D eigenvalue weighted by Crippen LogP contribution is 2.18. The maximum Gasteiger partial charge on any atom is 0.252 e. The van der Waals surface area contributed by atoms with Gasteiger partial charge in [0.05, 0.1) is 11.8 Å². The van der Waals surface area contributed by atoms with Crippen molar-refractivity contribution in [3.8, 4) is 0 Å². The molecule has 2 amide bonds. The number of hydrogen-bond donors (Lipinski definition) is 1. The number of rotatable bonds is 6. The molecule has 138 valence electrons. The molecule has 0 atom stereocenters. The van der Waals surface area contributed by atoms with Crippen molar-refractivity contribution in [2.45, 2.75) is 6.42 Å². The van der Waals surface area contributed by atoms with Crippen LogP contribution in [0, 0.1) is 0 Å². The number of carbonyl (C=O) groups excluding carboxylic acids is 2. The third-order valence-electron chi connectivity index (χ3n) is 4.19. The minimum absolute atomic E-state index is 0.0914. The van der Waals surface area contributed by atoms with Crippen LogP contribution in [0.4, 0.5) is 5.82 Å². The summed E-state index contributed by atoms with van der Waals surface area (Å²) in [7, 11) is -1.83. The van der Waals surface area contributed by atoms with Crippen LogP contribution in [0.5, 0.6) is 0 Å². The zero-order valence-corrected chi connectivity index (χ0v) is 15.2. The van der Waals surface area contributed by atoms with Crippen molar-refractivity contribution in [2.75, 3.05) is 50.9 Å². The van der Waals surface area contributed by atoms with Gasteiger partial charge in [0.2, 0.25) is 15.9 Å². The van der Waals surface area contributed by atoms with E-state index in [1.165, 1.54) is 7.05 Å². The molecule has 1 aliphatic rings. The van der Waals surface area contributed by atoms with Crippen molar-refractivity contribution in [3.63, 3.8) is 0 Å². The summed E-state index contributed by atoms with van der Waals surface area (Å²) in [5.41, 5.74) is 5.73. The first-order valence-corrected chi connectivity index (χ1v) is 9.74. The van der Waals surface area contributed by atoms with E-state index in [1.54, 1.807) is 23.2 Å². The molecule has 1 saturated heterocycles. The molecule has 0 radical (unpaired) electrons. The SMILES string of the molecule is CN(CCC(=O)N1CCN(c2ncccc2C(N)=O)CC1)S(C)(=O)=O. The monoisotopic (exact) mass is 369 g/mol. The summed E-state index contributed by atoms with van der Waals surface area (Å²) in [4.78, 5) is 31.6. The van der Waals surface area contributed by atoms with Gasteiger partial charge in [0.15, 0.2) is 0 Å². The number of nitrogens with zero attached hydrogens (tertiary/aromatic N) is 4. The van der Waals surface area contributed by atoms with Crippen molar-refractivity contribution >= 4 is 27.7 Å². The molecular formula is C15H23N5O4S. The number of anilines is 1. The number of piperazine rings is 1.